The van der Waals surface area contributed by atoms with Gasteiger partial charge in [0.2, 0.25) is 0 Å². The molecule has 0 radical (unpaired) electrons. The summed E-state index contributed by atoms with van der Waals surface area (Å²) >= 11 is 1.08. The maximum atomic E-state index is 14.9. The molecule has 4 saturated carbocycles. The predicted molar refractivity (Wildman–Crippen MR) is 195 cm³/mol. The molecule has 2 spiro atoms. The lowest BCUT2D eigenvalue weighted by atomic mass is 9.32. The van der Waals surface area contributed by atoms with Gasteiger partial charge in [-0.2, -0.15) is 4.31 Å². The van der Waals surface area contributed by atoms with Crippen LogP contribution in [-0.4, -0.2) is 53.3 Å². The first-order valence-corrected chi connectivity index (χ1v) is 21.6. The first-order chi connectivity index (χ1) is 25.0. The fourth-order valence-electron chi connectivity index (χ4n) is 12.3. The first-order valence-electron chi connectivity index (χ1n) is 19.2. The Morgan fingerprint density at radius 2 is 1.62 bits per heavy atom. The van der Waals surface area contributed by atoms with E-state index in [9.17, 15) is 36.6 Å². The van der Waals surface area contributed by atoms with Gasteiger partial charge in [-0.3, -0.25) is 4.79 Å². The molecule has 7 aliphatic carbocycles. The van der Waals surface area contributed by atoms with E-state index in [1.54, 1.807) is 11.4 Å². The van der Waals surface area contributed by atoms with Crippen LogP contribution in [0.1, 0.15) is 96.5 Å². The molecule has 0 aliphatic heterocycles. The van der Waals surface area contributed by atoms with E-state index in [1.807, 2.05) is 0 Å². The molecule has 2 N–H and O–H groups in total. The van der Waals surface area contributed by atoms with Crippen molar-refractivity contribution in [1.82, 2.24) is 4.31 Å². The number of fused-ring (bicyclic) bond motifs is 1. The maximum Gasteiger partial charge on any atom is 0.573 e. The molecule has 1 aromatic heterocycles. The summed E-state index contributed by atoms with van der Waals surface area (Å²) in [7, 11) is -4.11. The Morgan fingerprint density at radius 3 is 2.30 bits per heavy atom. The second kappa shape index (κ2) is 12.8. The number of aliphatic hydroxyl groups is 2. The smallest absolute Gasteiger partial charge is 0.406 e. The molecule has 8 atom stereocenters. The van der Waals surface area contributed by atoms with Crippen LogP contribution in [0.15, 0.2) is 69.8 Å². The van der Waals surface area contributed by atoms with Crippen molar-refractivity contribution >= 4 is 27.1 Å². The average Bonchev–Trinajstić information content (AvgIpc) is 3.76. The quantitative estimate of drug-likeness (QED) is 0.248. The highest BCUT2D eigenvalue weighted by Crippen LogP contribution is 2.78. The molecule has 0 saturated heterocycles. The zero-order valence-electron chi connectivity index (χ0n) is 30.4. The third kappa shape index (κ3) is 5.74. The minimum absolute atomic E-state index is 0.0400. The molecule has 1 heterocycles. The SMILES string of the molecule is CC12CCC(O)CC13C=CC1(C(C(=O)C4CCCCC4)=C3)C2CCC2(C)C1CCC2(O)CN(Cc1ccc(OC(F)(F)F)cc1)S(=O)(=O)c1cccs1. The Kier molecular flexibility index (Phi) is 9.01. The van der Waals surface area contributed by atoms with Crippen molar-refractivity contribution in [3.05, 3.63) is 71.1 Å². The summed E-state index contributed by atoms with van der Waals surface area (Å²) < 4.78 is 72.7. The lowest BCUT2D eigenvalue weighted by molar-refractivity contribution is -0.274. The molecule has 9 rings (SSSR count). The van der Waals surface area contributed by atoms with Crippen LogP contribution < -0.4 is 4.74 Å². The number of Topliss-reactive ketones (excluding diaryl/α,β-unsaturated/α-hetero) is 1. The number of carbonyl (C=O) groups is 1. The van der Waals surface area contributed by atoms with E-state index in [4.69, 9.17) is 0 Å². The number of carbonyl (C=O) groups excluding carboxylic acids is 1. The van der Waals surface area contributed by atoms with Crippen molar-refractivity contribution in [3.63, 3.8) is 0 Å². The number of hydrogen-bond donors (Lipinski definition) is 2. The van der Waals surface area contributed by atoms with Gasteiger partial charge in [-0.1, -0.05) is 69.5 Å². The number of ether oxygens (including phenoxy) is 1. The Labute approximate surface area is 314 Å². The van der Waals surface area contributed by atoms with E-state index in [0.29, 0.717) is 37.7 Å². The van der Waals surface area contributed by atoms with Gasteiger partial charge in [-0.15, -0.1) is 24.5 Å². The molecular weight excluding hydrogens is 724 g/mol. The Bertz CT molecular complexity index is 1910. The number of rotatable bonds is 9. The maximum absolute atomic E-state index is 14.9. The third-order valence-corrected chi connectivity index (χ3v) is 18.2. The van der Waals surface area contributed by atoms with E-state index < -0.39 is 50.1 Å². The summed E-state index contributed by atoms with van der Waals surface area (Å²) in [4.78, 5) is 14.9. The van der Waals surface area contributed by atoms with Crippen molar-refractivity contribution in [2.75, 3.05) is 6.54 Å². The number of halogens is 3. The summed E-state index contributed by atoms with van der Waals surface area (Å²) in [6.07, 6.45) is 11.0. The fourth-order valence-corrected chi connectivity index (χ4v) is 14.9. The highest BCUT2D eigenvalue weighted by Gasteiger charge is 2.74. The normalized spacial score (nSPS) is 38.3. The average molecular weight is 774 g/mol. The van der Waals surface area contributed by atoms with Crippen LogP contribution >= 0.6 is 11.3 Å². The lowest BCUT2D eigenvalue weighted by Crippen LogP contribution is -2.67. The summed E-state index contributed by atoms with van der Waals surface area (Å²) in [5.74, 6) is -0.203. The van der Waals surface area contributed by atoms with Crippen LogP contribution in [0.5, 0.6) is 5.75 Å². The number of allylic oxidation sites excluding steroid dienone is 4. The number of ketones is 1. The second-order valence-corrected chi connectivity index (χ2v) is 20.5. The largest absolute Gasteiger partial charge is 0.573 e. The molecule has 0 amide bonds. The van der Waals surface area contributed by atoms with E-state index in [-0.39, 0.29) is 46.3 Å². The minimum Gasteiger partial charge on any atom is -0.406 e. The highest BCUT2D eigenvalue weighted by atomic mass is 32.2. The van der Waals surface area contributed by atoms with Gasteiger partial charge in [0.15, 0.2) is 5.78 Å². The highest BCUT2D eigenvalue weighted by molar-refractivity contribution is 7.91. The molecule has 2 bridgehead atoms. The van der Waals surface area contributed by atoms with Crippen LogP contribution in [0.3, 0.4) is 0 Å². The predicted octanol–water partition coefficient (Wildman–Crippen LogP) is 8.58. The van der Waals surface area contributed by atoms with Crippen molar-refractivity contribution < 1.29 is 41.3 Å². The minimum atomic E-state index is -4.86. The topological polar surface area (TPSA) is 104 Å². The van der Waals surface area contributed by atoms with Gasteiger partial charge in [0.05, 0.1) is 11.7 Å². The molecule has 2 aromatic rings. The van der Waals surface area contributed by atoms with Gasteiger partial charge < -0.3 is 14.9 Å². The van der Waals surface area contributed by atoms with Crippen LogP contribution in [0, 0.1) is 39.4 Å². The van der Waals surface area contributed by atoms with E-state index in [1.165, 1.54) is 34.6 Å². The Hall–Kier alpha value is -2.51. The van der Waals surface area contributed by atoms with Crippen molar-refractivity contribution in [3.8, 4) is 5.75 Å². The molecule has 288 valence electrons. The molecule has 4 fully saturated rings. The number of alkyl halides is 3. The van der Waals surface area contributed by atoms with Gasteiger partial charge in [0, 0.05) is 40.8 Å². The van der Waals surface area contributed by atoms with Crippen LogP contribution in [-0.2, 0) is 21.4 Å². The monoisotopic (exact) mass is 773 g/mol. The lowest BCUT2D eigenvalue weighted by Gasteiger charge is -2.71. The number of aliphatic hydroxyl groups excluding tert-OH is 1. The van der Waals surface area contributed by atoms with Gasteiger partial charge in [-0.05, 0) is 104 Å². The standard InChI is InChI=1S/C41H50F3NO6S2/c1-36-17-14-29(46)23-38(36)20-21-40(31(24-38)35(47)28-7-4-3-5-8-28)32(36)15-18-37(2)33(40)16-19-39(37,48)26-45(53(49,50)34-9-6-22-52-34)25-27-10-12-30(13-11-27)51-41(42,43)44/h6,9-13,20-22,24,28-29,32-33,46,48H,3-5,7-8,14-19,23,25-26H2,1-2H3. The zero-order valence-corrected chi connectivity index (χ0v) is 32.0. The van der Waals surface area contributed by atoms with E-state index in [2.05, 4.69) is 36.8 Å². The summed E-state index contributed by atoms with van der Waals surface area (Å²) in [6.45, 7) is 4.09. The number of nitrogens with zero attached hydrogens (tertiary/aromatic N) is 1. The van der Waals surface area contributed by atoms with Crippen molar-refractivity contribution in [2.24, 2.45) is 39.4 Å². The number of sulfonamides is 1. The third-order valence-electron chi connectivity index (χ3n) is 15.0. The molecule has 7 aliphatic rings. The molecule has 53 heavy (non-hydrogen) atoms. The van der Waals surface area contributed by atoms with Crippen LogP contribution in [0.4, 0.5) is 13.2 Å². The summed E-state index contributed by atoms with van der Waals surface area (Å²) in [6, 6.07) is 8.35. The molecular formula is C41H50F3NO6S2. The number of thiophene rings is 1. The van der Waals surface area contributed by atoms with Crippen LogP contribution in [0.2, 0.25) is 0 Å². The van der Waals surface area contributed by atoms with Crippen molar-refractivity contribution in [1.29, 1.82) is 0 Å². The second-order valence-electron chi connectivity index (χ2n) is 17.4. The fraction of sp³-hybridized carbons (Fsp3) is 0.634. The zero-order chi connectivity index (χ0) is 37.7. The van der Waals surface area contributed by atoms with Crippen molar-refractivity contribution in [2.45, 2.75) is 120 Å². The van der Waals surface area contributed by atoms with E-state index in [0.717, 1.165) is 61.9 Å². The summed E-state index contributed by atoms with van der Waals surface area (Å²) in [5, 5.41) is 25.7. The van der Waals surface area contributed by atoms with Gasteiger partial charge >= 0.3 is 6.36 Å². The summed E-state index contributed by atoms with van der Waals surface area (Å²) in [5.41, 5.74) is -2.08. The van der Waals surface area contributed by atoms with Gasteiger partial charge in [0.1, 0.15) is 9.96 Å². The molecule has 7 nitrogen and oxygen atoms in total. The van der Waals surface area contributed by atoms with Gasteiger partial charge in [0.25, 0.3) is 10.0 Å². The Balaban J connectivity index is 1.17. The van der Waals surface area contributed by atoms with E-state index >= 15 is 0 Å². The Morgan fingerprint density at radius 1 is 0.943 bits per heavy atom. The van der Waals surface area contributed by atoms with Crippen LogP contribution in [0.25, 0.3) is 0 Å². The molecule has 1 aromatic carbocycles. The number of benzene rings is 1. The first kappa shape index (κ1) is 37.4. The number of hydrogen-bond acceptors (Lipinski definition) is 7. The molecule has 8 unspecified atom stereocenters. The van der Waals surface area contributed by atoms with Gasteiger partial charge in [-0.25, -0.2) is 8.42 Å². The molecule has 12 heteroatoms.